The van der Waals surface area contributed by atoms with E-state index in [1.807, 2.05) is 36.4 Å². The van der Waals surface area contributed by atoms with Crippen molar-refractivity contribution in [2.24, 2.45) is 0 Å². The summed E-state index contributed by atoms with van der Waals surface area (Å²) < 4.78 is 0. The zero-order chi connectivity index (χ0) is 21.1. The standard InChI is InChI=1S/C12H8O5.C10H10N2/c13-10-5-6-1-2-7(11(14)15)3-8(6)4-9(10)12(16)17;11-9-5-1-3-7-8(9)4-2-6-10(7)12/h1-5,13H,(H,14,15)(H,16,17);1-6H,11-12H2. The summed E-state index contributed by atoms with van der Waals surface area (Å²) in [4.78, 5) is 21.6. The first-order chi connectivity index (χ1) is 13.8. The SMILES string of the molecule is Nc1cccc2c(N)cccc12.O=C(O)c1ccc2cc(O)c(C(=O)O)cc2c1. The zero-order valence-electron chi connectivity index (χ0n) is 15.2. The molecule has 0 bridgehead atoms. The molecular weight excluding hydrogens is 372 g/mol. The second kappa shape index (κ2) is 7.77. The fourth-order valence-corrected chi connectivity index (χ4v) is 2.95. The molecular formula is C22H18N2O5. The molecule has 4 rings (SSSR count). The molecule has 0 aromatic heterocycles. The molecule has 7 N–H and O–H groups in total. The van der Waals surface area contributed by atoms with Crippen LogP contribution in [0, 0.1) is 0 Å². The molecule has 0 aliphatic heterocycles. The number of hydrogen-bond donors (Lipinski definition) is 5. The van der Waals surface area contributed by atoms with E-state index >= 15 is 0 Å². The van der Waals surface area contributed by atoms with Gasteiger partial charge in [0.25, 0.3) is 0 Å². The van der Waals surface area contributed by atoms with Crippen LogP contribution in [0.5, 0.6) is 5.75 Å². The fourth-order valence-electron chi connectivity index (χ4n) is 2.95. The van der Waals surface area contributed by atoms with E-state index in [-0.39, 0.29) is 16.9 Å². The van der Waals surface area contributed by atoms with Gasteiger partial charge in [0, 0.05) is 22.1 Å². The number of nitrogens with two attached hydrogens (primary N) is 2. The molecule has 0 radical (unpaired) electrons. The van der Waals surface area contributed by atoms with Crippen molar-refractivity contribution >= 4 is 44.9 Å². The summed E-state index contributed by atoms with van der Waals surface area (Å²) in [5, 5.41) is 30.2. The molecule has 0 heterocycles. The number of hydrogen-bond acceptors (Lipinski definition) is 5. The maximum atomic E-state index is 10.8. The average Bonchev–Trinajstić information content (AvgIpc) is 2.68. The Labute approximate surface area is 165 Å². The Morgan fingerprint density at radius 3 is 1.79 bits per heavy atom. The van der Waals surface area contributed by atoms with Crippen LogP contribution in [0.4, 0.5) is 11.4 Å². The lowest BCUT2D eigenvalue weighted by Gasteiger charge is -2.04. The van der Waals surface area contributed by atoms with Crippen LogP contribution in [0.25, 0.3) is 21.5 Å². The van der Waals surface area contributed by atoms with Crippen molar-refractivity contribution in [3.8, 4) is 5.75 Å². The third kappa shape index (κ3) is 4.03. The minimum Gasteiger partial charge on any atom is -0.507 e. The summed E-state index contributed by atoms with van der Waals surface area (Å²) in [5.74, 6) is -2.69. The molecule has 0 aliphatic carbocycles. The highest BCUT2D eigenvalue weighted by molar-refractivity contribution is 6.01. The Kier molecular flexibility index (Phi) is 5.23. The molecule has 7 nitrogen and oxygen atoms in total. The van der Waals surface area contributed by atoms with Crippen LogP contribution < -0.4 is 11.5 Å². The highest BCUT2D eigenvalue weighted by atomic mass is 16.4. The lowest BCUT2D eigenvalue weighted by Crippen LogP contribution is -1.98. The van der Waals surface area contributed by atoms with Crippen LogP contribution in [-0.4, -0.2) is 27.3 Å². The predicted octanol–water partition coefficient (Wildman–Crippen LogP) is 3.95. The van der Waals surface area contributed by atoms with Crippen LogP contribution in [-0.2, 0) is 0 Å². The van der Waals surface area contributed by atoms with Gasteiger partial charge in [-0.1, -0.05) is 30.3 Å². The van der Waals surface area contributed by atoms with E-state index in [1.54, 1.807) is 0 Å². The number of aromatic carboxylic acids is 2. The van der Waals surface area contributed by atoms with Crippen molar-refractivity contribution in [1.82, 2.24) is 0 Å². The number of carbonyl (C=O) groups is 2. The van der Waals surface area contributed by atoms with E-state index in [9.17, 15) is 14.7 Å². The normalized spacial score (nSPS) is 10.3. The highest BCUT2D eigenvalue weighted by Crippen LogP contribution is 2.26. The number of nitrogen functional groups attached to an aromatic ring is 2. The number of anilines is 2. The van der Waals surface area contributed by atoms with Crippen molar-refractivity contribution < 1.29 is 24.9 Å². The topological polar surface area (TPSA) is 147 Å². The number of fused-ring (bicyclic) bond motifs is 2. The first-order valence-corrected chi connectivity index (χ1v) is 8.54. The third-order valence-electron chi connectivity index (χ3n) is 4.42. The van der Waals surface area contributed by atoms with Crippen molar-refractivity contribution in [3.05, 3.63) is 77.9 Å². The summed E-state index contributed by atoms with van der Waals surface area (Å²) in [6, 6.07) is 18.3. The monoisotopic (exact) mass is 390 g/mol. The number of carboxylic acid groups (broad SMARTS) is 2. The van der Waals surface area contributed by atoms with Gasteiger partial charge in [-0.25, -0.2) is 9.59 Å². The Hall–Kier alpha value is -4.26. The van der Waals surface area contributed by atoms with Crippen molar-refractivity contribution in [2.75, 3.05) is 11.5 Å². The van der Waals surface area contributed by atoms with Gasteiger partial charge in [-0.3, -0.25) is 0 Å². The predicted molar refractivity (Wildman–Crippen MR) is 112 cm³/mol. The van der Waals surface area contributed by atoms with Gasteiger partial charge in [0.2, 0.25) is 0 Å². The Morgan fingerprint density at radius 1 is 0.690 bits per heavy atom. The molecule has 0 unspecified atom stereocenters. The van der Waals surface area contributed by atoms with Gasteiger partial charge < -0.3 is 26.8 Å². The molecule has 4 aromatic carbocycles. The third-order valence-corrected chi connectivity index (χ3v) is 4.42. The van der Waals surface area contributed by atoms with Gasteiger partial charge in [-0.15, -0.1) is 0 Å². The molecule has 0 fully saturated rings. The van der Waals surface area contributed by atoms with Gasteiger partial charge in [0.15, 0.2) is 0 Å². The number of aromatic hydroxyl groups is 1. The molecule has 29 heavy (non-hydrogen) atoms. The van der Waals surface area contributed by atoms with E-state index in [2.05, 4.69) is 0 Å². The average molecular weight is 390 g/mol. The smallest absolute Gasteiger partial charge is 0.339 e. The Morgan fingerprint density at radius 2 is 1.28 bits per heavy atom. The first kappa shape index (κ1) is 19.5. The van der Waals surface area contributed by atoms with Gasteiger partial charge in [0.05, 0.1) is 5.56 Å². The second-order valence-corrected chi connectivity index (χ2v) is 6.33. The summed E-state index contributed by atoms with van der Waals surface area (Å²) in [6.45, 7) is 0. The number of benzene rings is 4. The van der Waals surface area contributed by atoms with Crippen LogP contribution in [0.2, 0.25) is 0 Å². The van der Waals surface area contributed by atoms with Gasteiger partial charge >= 0.3 is 11.9 Å². The largest absolute Gasteiger partial charge is 0.507 e. The summed E-state index contributed by atoms with van der Waals surface area (Å²) in [5.41, 5.74) is 12.9. The lowest BCUT2D eigenvalue weighted by molar-refractivity contribution is 0.0685. The maximum Gasteiger partial charge on any atom is 0.339 e. The molecule has 0 aliphatic rings. The molecule has 7 heteroatoms. The molecule has 0 spiro atoms. The van der Waals surface area contributed by atoms with Crippen LogP contribution in [0.3, 0.4) is 0 Å². The van der Waals surface area contributed by atoms with E-state index in [4.69, 9.17) is 21.7 Å². The van der Waals surface area contributed by atoms with Crippen LogP contribution in [0.15, 0.2) is 66.7 Å². The zero-order valence-corrected chi connectivity index (χ0v) is 15.2. The van der Waals surface area contributed by atoms with E-state index in [0.717, 1.165) is 22.1 Å². The Balaban J connectivity index is 0.000000176. The van der Waals surface area contributed by atoms with Gasteiger partial charge in [-0.05, 0) is 47.2 Å². The van der Waals surface area contributed by atoms with Gasteiger partial charge in [-0.2, -0.15) is 0 Å². The first-order valence-electron chi connectivity index (χ1n) is 8.54. The molecule has 0 atom stereocenters. The maximum absolute atomic E-state index is 10.8. The highest BCUT2D eigenvalue weighted by Gasteiger charge is 2.12. The molecule has 146 valence electrons. The second-order valence-electron chi connectivity index (χ2n) is 6.33. The molecule has 0 saturated carbocycles. The van der Waals surface area contributed by atoms with E-state index < -0.39 is 11.9 Å². The summed E-state index contributed by atoms with van der Waals surface area (Å²) >= 11 is 0. The number of phenols is 1. The molecule has 0 amide bonds. The molecule has 0 saturated heterocycles. The summed E-state index contributed by atoms with van der Waals surface area (Å²) in [7, 11) is 0. The number of carboxylic acids is 2. The van der Waals surface area contributed by atoms with Crippen molar-refractivity contribution in [2.45, 2.75) is 0 Å². The lowest BCUT2D eigenvalue weighted by atomic mass is 10.0. The quantitative estimate of drug-likeness (QED) is 0.326. The van der Waals surface area contributed by atoms with Crippen molar-refractivity contribution in [1.29, 1.82) is 0 Å². The minimum absolute atomic E-state index is 0.0690. The molecule has 4 aromatic rings. The minimum atomic E-state index is -1.26. The van der Waals surface area contributed by atoms with E-state index in [0.29, 0.717) is 10.8 Å². The number of rotatable bonds is 2. The Bertz CT molecular complexity index is 1210. The van der Waals surface area contributed by atoms with Crippen LogP contribution in [0.1, 0.15) is 20.7 Å². The van der Waals surface area contributed by atoms with Crippen molar-refractivity contribution in [3.63, 3.8) is 0 Å². The fraction of sp³-hybridized carbons (Fsp3) is 0. The van der Waals surface area contributed by atoms with Gasteiger partial charge in [0.1, 0.15) is 11.3 Å². The van der Waals surface area contributed by atoms with E-state index in [1.165, 1.54) is 30.3 Å². The summed E-state index contributed by atoms with van der Waals surface area (Å²) in [6.07, 6.45) is 0. The van der Waals surface area contributed by atoms with Crippen LogP contribution >= 0.6 is 0 Å².